The van der Waals surface area contributed by atoms with Crippen molar-refractivity contribution in [2.24, 2.45) is 11.5 Å². The predicted molar refractivity (Wildman–Crippen MR) is 137 cm³/mol. The van der Waals surface area contributed by atoms with Gasteiger partial charge in [0.15, 0.2) is 0 Å². The maximum atomic E-state index is 13.0. The zero-order chi connectivity index (χ0) is 31.4. The molecule has 18 nitrogen and oxygen atoms in total. The first-order valence-corrected chi connectivity index (χ1v) is 12.7. The number of hydrogen-bond acceptors (Lipinski definition) is 10. The molecule has 1 rings (SSSR count). The van der Waals surface area contributed by atoms with Crippen molar-refractivity contribution in [2.45, 2.75) is 82.2 Å². The topological polar surface area (TPSA) is 301 Å². The van der Waals surface area contributed by atoms with Gasteiger partial charge in [-0.05, 0) is 33.1 Å². The fourth-order valence-electron chi connectivity index (χ4n) is 3.82. The summed E-state index contributed by atoms with van der Waals surface area (Å²) in [5.41, 5.74) is 10.7. The molecule has 0 unspecified atom stereocenters. The number of aliphatic hydroxyl groups is 1. The smallest absolute Gasteiger partial charge is 0.305 e. The van der Waals surface area contributed by atoms with Crippen LogP contribution in [0.2, 0.25) is 0 Å². The predicted octanol–water partition coefficient (Wildman–Crippen LogP) is -4.90. The summed E-state index contributed by atoms with van der Waals surface area (Å²) in [7, 11) is 0. The van der Waals surface area contributed by atoms with E-state index in [1.165, 1.54) is 13.8 Å². The first kappa shape index (κ1) is 34.7. The van der Waals surface area contributed by atoms with Crippen LogP contribution in [0, 0.1) is 0 Å². The Morgan fingerprint density at radius 3 is 2.00 bits per heavy atom. The van der Waals surface area contributed by atoms with E-state index in [0.29, 0.717) is 6.42 Å². The molecular formula is C23H37N7O11. The van der Waals surface area contributed by atoms with Gasteiger partial charge < -0.3 is 53.0 Å². The summed E-state index contributed by atoms with van der Waals surface area (Å²) in [6.07, 6.45) is -0.909. The summed E-state index contributed by atoms with van der Waals surface area (Å²) in [6.45, 7) is 1.83. The summed E-state index contributed by atoms with van der Waals surface area (Å²) in [4.78, 5) is 97.4. The maximum Gasteiger partial charge on any atom is 0.305 e. The monoisotopic (exact) mass is 587 g/mol. The summed E-state index contributed by atoms with van der Waals surface area (Å²) in [6, 6.07) is -7.88. The van der Waals surface area contributed by atoms with E-state index in [9.17, 15) is 43.5 Å². The number of aliphatic carboxylic acids is 2. The molecule has 6 atom stereocenters. The summed E-state index contributed by atoms with van der Waals surface area (Å²) < 4.78 is 0. The summed E-state index contributed by atoms with van der Waals surface area (Å²) in [5.74, 6) is -7.92. The number of nitrogens with two attached hydrogens (primary N) is 2. The Labute approximate surface area is 234 Å². The Balaban J connectivity index is 2.84. The third kappa shape index (κ3) is 11.0. The van der Waals surface area contributed by atoms with Crippen LogP contribution in [0.1, 0.15) is 46.0 Å². The van der Waals surface area contributed by atoms with Crippen molar-refractivity contribution in [3.63, 3.8) is 0 Å². The molecule has 6 amide bonds. The number of nitrogens with one attached hydrogen (secondary N) is 4. The highest BCUT2D eigenvalue weighted by atomic mass is 16.4. The van der Waals surface area contributed by atoms with Crippen LogP contribution in [-0.2, 0) is 38.4 Å². The van der Waals surface area contributed by atoms with Crippen LogP contribution in [0.5, 0.6) is 0 Å². The molecule has 0 aromatic carbocycles. The number of rotatable bonds is 16. The molecule has 0 aromatic rings. The van der Waals surface area contributed by atoms with E-state index in [-0.39, 0.29) is 19.4 Å². The van der Waals surface area contributed by atoms with E-state index in [4.69, 9.17) is 21.7 Å². The van der Waals surface area contributed by atoms with E-state index in [2.05, 4.69) is 21.3 Å². The number of nitrogens with zero attached hydrogens (tertiary/aromatic N) is 1. The van der Waals surface area contributed by atoms with Crippen molar-refractivity contribution in [3.8, 4) is 0 Å². The van der Waals surface area contributed by atoms with Gasteiger partial charge in [0.2, 0.25) is 35.4 Å². The van der Waals surface area contributed by atoms with Crippen molar-refractivity contribution >= 4 is 47.4 Å². The van der Waals surface area contributed by atoms with E-state index >= 15 is 0 Å². The first-order chi connectivity index (χ1) is 19.1. The molecule has 0 aromatic heterocycles. The number of carbonyl (C=O) groups excluding carboxylic acids is 6. The van der Waals surface area contributed by atoms with Crippen LogP contribution in [0.15, 0.2) is 0 Å². The molecular weight excluding hydrogens is 550 g/mol. The number of aliphatic hydroxyl groups excluding tert-OH is 1. The Morgan fingerprint density at radius 1 is 0.854 bits per heavy atom. The van der Waals surface area contributed by atoms with Crippen molar-refractivity contribution in [1.29, 1.82) is 0 Å². The molecule has 0 aliphatic carbocycles. The van der Waals surface area contributed by atoms with Gasteiger partial charge in [-0.15, -0.1) is 0 Å². The molecule has 0 spiro atoms. The number of likely N-dealkylation sites (tertiary alicyclic amines) is 1. The third-order valence-corrected chi connectivity index (χ3v) is 6.19. The fourth-order valence-corrected chi connectivity index (χ4v) is 3.82. The van der Waals surface area contributed by atoms with Crippen molar-refractivity contribution < 1.29 is 53.7 Å². The van der Waals surface area contributed by atoms with Crippen LogP contribution in [0.25, 0.3) is 0 Å². The first-order valence-electron chi connectivity index (χ1n) is 12.7. The third-order valence-electron chi connectivity index (χ3n) is 6.19. The molecule has 1 saturated heterocycles. The van der Waals surface area contributed by atoms with E-state index < -0.39 is 103 Å². The van der Waals surface area contributed by atoms with Crippen LogP contribution >= 0.6 is 0 Å². The Morgan fingerprint density at radius 2 is 1.46 bits per heavy atom. The maximum absolute atomic E-state index is 13.0. The van der Waals surface area contributed by atoms with Crippen molar-refractivity contribution in [3.05, 3.63) is 0 Å². The molecule has 1 fully saturated rings. The van der Waals surface area contributed by atoms with Gasteiger partial charge in [-0.1, -0.05) is 0 Å². The van der Waals surface area contributed by atoms with Crippen molar-refractivity contribution in [2.75, 3.05) is 13.2 Å². The van der Waals surface area contributed by atoms with Crippen LogP contribution in [-0.4, -0.2) is 117 Å². The second-order valence-electron chi connectivity index (χ2n) is 9.49. The zero-order valence-corrected chi connectivity index (χ0v) is 22.6. The van der Waals surface area contributed by atoms with Crippen LogP contribution in [0.4, 0.5) is 0 Å². The minimum absolute atomic E-state index is 0.131. The highest BCUT2D eigenvalue weighted by Gasteiger charge is 2.38. The molecule has 0 saturated carbocycles. The normalized spacial score (nSPS) is 18.1. The summed E-state index contributed by atoms with van der Waals surface area (Å²) in [5, 5.41) is 36.5. The van der Waals surface area contributed by atoms with Gasteiger partial charge in [0, 0.05) is 13.0 Å². The van der Waals surface area contributed by atoms with Gasteiger partial charge in [-0.3, -0.25) is 38.4 Å². The van der Waals surface area contributed by atoms with Gasteiger partial charge in [0.1, 0.15) is 30.2 Å². The second-order valence-corrected chi connectivity index (χ2v) is 9.49. The molecule has 1 heterocycles. The zero-order valence-electron chi connectivity index (χ0n) is 22.6. The standard InChI is InChI=1S/C23H37N7O11/c1-10(18(25)36)26-22(40)15-4-3-7-30(15)23(41)14(9-31)29-19(37)11(2)27-21(39)13(8-17(34)35)28-20(38)12(24)5-6-16(32)33/h10-15,31H,3-9,24H2,1-2H3,(H2,25,36)(H,26,40)(H,27,39)(H,28,38)(H,29,37)(H,32,33)(H,34,35)/t10-,11-,12-,13-,14-,15-/m0/s1. The van der Waals surface area contributed by atoms with Gasteiger partial charge in [-0.25, -0.2) is 0 Å². The van der Waals surface area contributed by atoms with Gasteiger partial charge in [0.25, 0.3) is 0 Å². The number of amides is 6. The highest BCUT2D eigenvalue weighted by Crippen LogP contribution is 2.19. The largest absolute Gasteiger partial charge is 0.481 e. The SMILES string of the molecule is C[C@H](NC(=O)[C@@H]1CCCN1C(=O)[C@H](CO)NC(=O)[C@H](C)NC(=O)[C@H](CC(=O)O)NC(=O)[C@@H](N)CCC(=O)O)C(N)=O. The lowest BCUT2D eigenvalue weighted by Gasteiger charge is -2.29. The molecule has 0 bridgehead atoms. The molecule has 230 valence electrons. The highest BCUT2D eigenvalue weighted by molar-refractivity contribution is 5.97. The minimum atomic E-state index is -1.67. The molecule has 0 radical (unpaired) electrons. The fraction of sp³-hybridized carbons (Fsp3) is 0.652. The molecule has 41 heavy (non-hydrogen) atoms. The minimum Gasteiger partial charge on any atom is -0.481 e. The number of carbonyl (C=O) groups is 8. The number of primary amides is 1. The molecule has 11 N–H and O–H groups in total. The summed E-state index contributed by atoms with van der Waals surface area (Å²) >= 11 is 0. The molecule has 1 aliphatic heterocycles. The van der Waals surface area contributed by atoms with E-state index in [0.717, 1.165) is 4.90 Å². The number of carboxylic acids is 2. The van der Waals surface area contributed by atoms with Crippen LogP contribution in [0.3, 0.4) is 0 Å². The second kappa shape index (κ2) is 16.1. The van der Waals surface area contributed by atoms with Crippen molar-refractivity contribution in [1.82, 2.24) is 26.2 Å². The van der Waals surface area contributed by atoms with E-state index in [1.807, 2.05) is 0 Å². The molecule has 18 heteroatoms. The number of carboxylic acid groups (broad SMARTS) is 2. The van der Waals surface area contributed by atoms with Gasteiger partial charge in [-0.2, -0.15) is 0 Å². The Hall–Kier alpha value is -4.32. The Kier molecular flexibility index (Phi) is 13.6. The number of hydrogen-bond donors (Lipinski definition) is 9. The lowest BCUT2D eigenvalue weighted by molar-refractivity contribution is -0.143. The molecule has 1 aliphatic rings. The Bertz CT molecular complexity index is 1040. The van der Waals surface area contributed by atoms with Crippen LogP contribution < -0.4 is 32.7 Å². The van der Waals surface area contributed by atoms with E-state index in [1.54, 1.807) is 0 Å². The lowest BCUT2D eigenvalue weighted by atomic mass is 10.1. The quantitative estimate of drug-likeness (QED) is 0.0821. The lowest BCUT2D eigenvalue weighted by Crippen LogP contribution is -2.59. The average molecular weight is 588 g/mol. The van der Waals surface area contributed by atoms with Gasteiger partial charge in [0.05, 0.1) is 19.1 Å². The average Bonchev–Trinajstić information content (AvgIpc) is 3.39. The van der Waals surface area contributed by atoms with Gasteiger partial charge >= 0.3 is 11.9 Å².